The zero-order valence-electron chi connectivity index (χ0n) is 14.5. The maximum absolute atomic E-state index is 12.5. The van der Waals surface area contributed by atoms with Crippen molar-refractivity contribution in [1.29, 1.82) is 0 Å². The van der Waals surface area contributed by atoms with Crippen molar-refractivity contribution < 1.29 is 14.3 Å². The number of hydrogen-bond donors (Lipinski definition) is 1. The number of benzene rings is 1. The smallest absolute Gasteiger partial charge is 0.227 e. The van der Waals surface area contributed by atoms with Crippen LogP contribution < -0.4 is 15.0 Å². The SMILES string of the molecule is COc1ccc(N2CC(C(=O)NC3CCC(C)CC3)CC2=O)cc1. The fourth-order valence-electron chi connectivity index (χ4n) is 3.62. The van der Waals surface area contributed by atoms with Gasteiger partial charge in [-0.05, 0) is 55.9 Å². The van der Waals surface area contributed by atoms with Gasteiger partial charge in [-0.15, -0.1) is 0 Å². The highest BCUT2D eigenvalue weighted by molar-refractivity contribution is 6.00. The van der Waals surface area contributed by atoms with Crippen molar-refractivity contribution >= 4 is 17.5 Å². The van der Waals surface area contributed by atoms with E-state index >= 15 is 0 Å². The molecule has 5 heteroatoms. The van der Waals surface area contributed by atoms with Crippen molar-refractivity contribution in [1.82, 2.24) is 5.32 Å². The molecule has 1 aromatic rings. The third-order valence-electron chi connectivity index (χ3n) is 5.24. The molecule has 5 nitrogen and oxygen atoms in total. The molecule has 24 heavy (non-hydrogen) atoms. The summed E-state index contributed by atoms with van der Waals surface area (Å²) in [4.78, 5) is 26.5. The lowest BCUT2D eigenvalue weighted by Gasteiger charge is -2.27. The molecule has 1 saturated carbocycles. The molecule has 2 amide bonds. The zero-order valence-corrected chi connectivity index (χ0v) is 14.5. The highest BCUT2D eigenvalue weighted by Crippen LogP contribution is 2.28. The molecular weight excluding hydrogens is 304 g/mol. The fraction of sp³-hybridized carbons (Fsp3) is 0.579. The Morgan fingerprint density at radius 1 is 1.17 bits per heavy atom. The number of amides is 2. The lowest BCUT2D eigenvalue weighted by atomic mass is 9.87. The van der Waals surface area contributed by atoms with Gasteiger partial charge in [-0.3, -0.25) is 9.59 Å². The summed E-state index contributed by atoms with van der Waals surface area (Å²) < 4.78 is 5.14. The second kappa shape index (κ2) is 7.24. The standard InChI is InChI=1S/C19H26N2O3/c1-13-3-5-15(6-4-13)20-19(23)14-11-18(22)21(12-14)16-7-9-17(24-2)10-8-16/h7-10,13-15H,3-6,11-12H2,1-2H3,(H,20,23). The quantitative estimate of drug-likeness (QED) is 0.923. The monoisotopic (exact) mass is 330 g/mol. The normalized spacial score (nSPS) is 27.2. The van der Waals surface area contributed by atoms with E-state index in [1.807, 2.05) is 24.3 Å². The maximum Gasteiger partial charge on any atom is 0.227 e. The summed E-state index contributed by atoms with van der Waals surface area (Å²) in [5, 5.41) is 3.15. The lowest BCUT2D eigenvalue weighted by Crippen LogP contribution is -2.41. The van der Waals surface area contributed by atoms with Crippen molar-refractivity contribution in [2.45, 2.75) is 45.1 Å². The molecule has 2 aliphatic rings. The Hall–Kier alpha value is -2.04. The summed E-state index contributed by atoms with van der Waals surface area (Å²) >= 11 is 0. The molecule has 2 fully saturated rings. The molecule has 0 spiro atoms. The molecule has 0 bridgehead atoms. The van der Waals surface area contributed by atoms with Gasteiger partial charge in [0, 0.05) is 24.7 Å². The predicted molar refractivity (Wildman–Crippen MR) is 93.0 cm³/mol. The number of hydrogen-bond acceptors (Lipinski definition) is 3. The van der Waals surface area contributed by atoms with E-state index in [9.17, 15) is 9.59 Å². The van der Waals surface area contributed by atoms with E-state index in [0.717, 1.165) is 30.2 Å². The first kappa shape index (κ1) is 16.8. The molecule has 1 saturated heterocycles. The van der Waals surface area contributed by atoms with E-state index in [-0.39, 0.29) is 23.8 Å². The van der Waals surface area contributed by atoms with Gasteiger partial charge in [-0.1, -0.05) is 6.92 Å². The lowest BCUT2D eigenvalue weighted by molar-refractivity contribution is -0.127. The summed E-state index contributed by atoms with van der Waals surface area (Å²) in [7, 11) is 1.61. The van der Waals surface area contributed by atoms with E-state index in [1.54, 1.807) is 12.0 Å². The van der Waals surface area contributed by atoms with Gasteiger partial charge in [0.2, 0.25) is 11.8 Å². The minimum atomic E-state index is -0.251. The fourth-order valence-corrected chi connectivity index (χ4v) is 3.62. The molecule has 1 N–H and O–H groups in total. The average molecular weight is 330 g/mol. The summed E-state index contributed by atoms with van der Waals surface area (Å²) in [6.07, 6.45) is 4.74. The molecule has 0 aromatic heterocycles. The number of nitrogens with zero attached hydrogens (tertiary/aromatic N) is 1. The van der Waals surface area contributed by atoms with Crippen molar-refractivity contribution in [2.24, 2.45) is 11.8 Å². The Kier molecular flexibility index (Phi) is 5.07. The van der Waals surface area contributed by atoms with Crippen LogP contribution in [0.25, 0.3) is 0 Å². The van der Waals surface area contributed by atoms with Crippen LogP contribution in [0.4, 0.5) is 5.69 Å². The van der Waals surface area contributed by atoms with Crippen LogP contribution in [0.5, 0.6) is 5.75 Å². The van der Waals surface area contributed by atoms with E-state index in [0.29, 0.717) is 13.0 Å². The van der Waals surface area contributed by atoms with E-state index in [4.69, 9.17) is 4.74 Å². The Labute approximate surface area is 143 Å². The van der Waals surface area contributed by atoms with Gasteiger partial charge in [0.15, 0.2) is 0 Å². The second-order valence-corrected chi connectivity index (χ2v) is 7.07. The molecule has 1 aromatic carbocycles. The van der Waals surface area contributed by atoms with Gasteiger partial charge in [0.1, 0.15) is 5.75 Å². The average Bonchev–Trinajstić information content (AvgIpc) is 2.99. The van der Waals surface area contributed by atoms with Crippen molar-refractivity contribution in [3.63, 3.8) is 0 Å². The van der Waals surface area contributed by atoms with Crippen LogP contribution >= 0.6 is 0 Å². The Morgan fingerprint density at radius 2 is 1.83 bits per heavy atom. The predicted octanol–water partition coefficient (Wildman–Crippen LogP) is 2.74. The van der Waals surface area contributed by atoms with E-state index in [2.05, 4.69) is 12.2 Å². The maximum atomic E-state index is 12.5. The topological polar surface area (TPSA) is 58.6 Å². The minimum absolute atomic E-state index is 0.0117. The Morgan fingerprint density at radius 3 is 2.46 bits per heavy atom. The van der Waals surface area contributed by atoms with Crippen LogP contribution in [0, 0.1) is 11.8 Å². The molecule has 130 valence electrons. The summed E-state index contributed by atoms with van der Waals surface area (Å²) in [5.41, 5.74) is 0.822. The number of nitrogens with one attached hydrogen (secondary N) is 1. The highest BCUT2D eigenvalue weighted by Gasteiger charge is 2.36. The molecule has 1 heterocycles. The largest absolute Gasteiger partial charge is 0.497 e. The van der Waals surface area contributed by atoms with Crippen molar-refractivity contribution in [3.05, 3.63) is 24.3 Å². The third kappa shape index (κ3) is 3.71. The molecule has 1 unspecified atom stereocenters. The third-order valence-corrected chi connectivity index (χ3v) is 5.24. The van der Waals surface area contributed by atoms with Crippen LogP contribution in [-0.4, -0.2) is 31.5 Å². The Bertz CT molecular complexity index is 591. The van der Waals surface area contributed by atoms with Gasteiger partial charge in [-0.25, -0.2) is 0 Å². The minimum Gasteiger partial charge on any atom is -0.497 e. The zero-order chi connectivity index (χ0) is 17.1. The highest BCUT2D eigenvalue weighted by atomic mass is 16.5. The van der Waals surface area contributed by atoms with Gasteiger partial charge < -0.3 is 15.0 Å². The number of carbonyl (C=O) groups is 2. The second-order valence-electron chi connectivity index (χ2n) is 7.07. The summed E-state index contributed by atoms with van der Waals surface area (Å²) in [5.74, 6) is 1.30. The molecule has 3 rings (SSSR count). The van der Waals surface area contributed by atoms with Crippen LogP contribution in [0.15, 0.2) is 24.3 Å². The van der Waals surface area contributed by atoms with E-state index < -0.39 is 0 Å². The summed E-state index contributed by atoms with van der Waals surface area (Å²) in [6.45, 7) is 2.72. The molecule has 1 atom stereocenters. The Balaban J connectivity index is 1.58. The van der Waals surface area contributed by atoms with Crippen molar-refractivity contribution in [2.75, 3.05) is 18.6 Å². The number of carbonyl (C=O) groups excluding carboxylic acids is 2. The first-order valence-corrected chi connectivity index (χ1v) is 8.81. The summed E-state index contributed by atoms with van der Waals surface area (Å²) in [6, 6.07) is 7.66. The van der Waals surface area contributed by atoms with Crippen LogP contribution in [0.3, 0.4) is 0 Å². The van der Waals surface area contributed by atoms with Crippen molar-refractivity contribution in [3.8, 4) is 5.75 Å². The molecular formula is C19H26N2O3. The first-order valence-electron chi connectivity index (χ1n) is 8.81. The molecule has 1 aliphatic heterocycles. The van der Waals surface area contributed by atoms with Gasteiger partial charge in [0.25, 0.3) is 0 Å². The van der Waals surface area contributed by atoms with Crippen LogP contribution in [0.2, 0.25) is 0 Å². The number of rotatable bonds is 4. The van der Waals surface area contributed by atoms with Gasteiger partial charge in [0.05, 0.1) is 13.0 Å². The van der Waals surface area contributed by atoms with Crippen LogP contribution in [-0.2, 0) is 9.59 Å². The first-order chi connectivity index (χ1) is 11.6. The van der Waals surface area contributed by atoms with Crippen LogP contribution in [0.1, 0.15) is 39.0 Å². The number of anilines is 1. The van der Waals surface area contributed by atoms with Gasteiger partial charge >= 0.3 is 0 Å². The molecule has 0 radical (unpaired) electrons. The number of ether oxygens (including phenoxy) is 1. The van der Waals surface area contributed by atoms with Gasteiger partial charge in [-0.2, -0.15) is 0 Å². The molecule has 1 aliphatic carbocycles. The number of methoxy groups -OCH3 is 1. The van der Waals surface area contributed by atoms with E-state index in [1.165, 1.54) is 12.8 Å².